The summed E-state index contributed by atoms with van der Waals surface area (Å²) in [6.07, 6.45) is 1.98. The van der Waals surface area contributed by atoms with E-state index in [-0.39, 0.29) is 16.8 Å². The Kier molecular flexibility index (Phi) is 4.77. The molecule has 0 saturated carbocycles. The number of amides is 1. The number of nitrogens with zero attached hydrogens (tertiary/aromatic N) is 1. The molecular formula is C15H16ClN3O2. The zero-order chi connectivity index (χ0) is 15.4. The van der Waals surface area contributed by atoms with Crippen LogP contribution in [-0.4, -0.2) is 22.0 Å². The van der Waals surface area contributed by atoms with Crippen LogP contribution >= 0.6 is 11.6 Å². The summed E-state index contributed by atoms with van der Waals surface area (Å²) in [6, 6.07) is 7.59. The third kappa shape index (κ3) is 4.18. The number of aryl methyl sites for hydroxylation is 1. The lowest BCUT2D eigenvalue weighted by Crippen LogP contribution is -2.37. The SMILES string of the molecule is Cc1cnc(Cl)c(NC(=O)[C@@H](N)Cc2ccc(O)cc2)c1. The Balaban J connectivity index is 2.02. The number of hydrogen-bond donors (Lipinski definition) is 3. The molecule has 4 N–H and O–H groups in total. The summed E-state index contributed by atoms with van der Waals surface area (Å²) in [6.45, 7) is 1.86. The van der Waals surface area contributed by atoms with Crippen LogP contribution in [0, 0.1) is 6.92 Å². The van der Waals surface area contributed by atoms with Gasteiger partial charge in [-0.1, -0.05) is 23.7 Å². The summed E-state index contributed by atoms with van der Waals surface area (Å²) >= 11 is 5.93. The number of pyridine rings is 1. The topological polar surface area (TPSA) is 88.2 Å². The van der Waals surface area contributed by atoms with Crippen molar-refractivity contribution >= 4 is 23.2 Å². The quantitative estimate of drug-likeness (QED) is 0.756. The molecule has 0 aliphatic rings. The molecule has 21 heavy (non-hydrogen) atoms. The number of carbonyl (C=O) groups is 1. The van der Waals surface area contributed by atoms with Gasteiger partial charge in [-0.05, 0) is 42.7 Å². The first-order chi connectivity index (χ1) is 9.95. The van der Waals surface area contributed by atoms with E-state index in [1.54, 1.807) is 36.5 Å². The van der Waals surface area contributed by atoms with Crippen molar-refractivity contribution in [3.63, 3.8) is 0 Å². The predicted molar refractivity (Wildman–Crippen MR) is 82.4 cm³/mol. The molecule has 0 fully saturated rings. The number of hydrogen-bond acceptors (Lipinski definition) is 4. The molecule has 1 atom stereocenters. The van der Waals surface area contributed by atoms with E-state index in [0.29, 0.717) is 12.1 Å². The minimum Gasteiger partial charge on any atom is -0.508 e. The van der Waals surface area contributed by atoms with Gasteiger partial charge in [0.05, 0.1) is 11.7 Å². The number of aromatic hydroxyl groups is 1. The Morgan fingerprint density at radius 1 is 1.43 bits per heavy atom. The zero-order valence-electron chi connectivity index (χ0n) is 11.5. The maximum absolute atomic E-state index is 12.1. The van der Waals surface area contributed by atoms with Crippen molar-refractivity contribution in [2.24, 2.45) is 5.73 Å². The molecule has 0 aliphatic carbocycles. The Morgan fingerprint density at radius 3 is 2.76 bits per heavy atom. The highest BCUT2D eigenvalue weighted by Crippen LogP contribution is 2.20. The van der Waals surface area contributed by atoms with Crippen molar-refractivity contribution < 1.29 is 9.90 Å². The average molecular weight is 306 g/mol. The van der Waals surface area contributed by atoms with E-state index in [1.807, 2.05) is 6.92 Å². The smallest absolute Gasteiger partial charge is 0.241 e. The minimum atomic E-state index is -0.717. The summed E-state index contributed by atoms with van der Waals surface area (Å²) in [5, 5.41) is 12.1. The van der Waals surface area contributed by atoms with Crippen LogP contribution in [0.2, 0.25) is 5.15 Å². The first-order valence-electron chi connectivity index (χ1n) is 6.42. The van der Waals surface area contributed by atoms with Crippen LogP contribution in [0.4, 0.5) is 5.69 Å². The third-order valence-electron chi connectivity index (χ3n) is 2.96. The number of anilines is 1. The lowest BCUT2D eigenvalue weighted by atomic mass is 10.1. The second-order valence-electron chi connectivity index (χ2n) is 4.82. The number of benzene rings is 1. The van der Waals surface area contributed by atoms with Crippen LogP contribution in [0.25, 0.3) is 0 Å². The van der Waals surface area contributed by atoms with Gasteiger partial charge in [0.25, 0.3) is 0 Å². The van der Waals surface area contributed by atoms with Gasteiger partial charge in [-0.2, -0.15) is 0 Å². The number of aromatic nitrogens is 1. The van der Waals surface area contributed by atoms with Gasteiger partial charge in [-0.25, -0.2) is 4.98 Å². The minimum absolute atomic E-state index is 0.175. The fourth-order valence-electron chi connectivity index (χ4n) is 1.84. The molecule has 0 radical (unpaired) electrons. The van der Waals surface area contributed by atoms with Gasteiger partial charge in [-0.15, -0.1) is 0 Å². The van der Waals surface area contributed by atoms with E-state index >= 15 is 0 Å². The standard InChI is InChI=1S/C15H16ClN3O2/c1-9-6-13(14(16)18-8-9)19-15(21)12(17)7-10-2-4-11(20)5-3-10/h2-6,8,12,20H,7,17H2,1H3,(H,19,21)/t12-/m0/s1. The van der Waals surface area contributed by atoms with Gasteiger partial charge in [0.2, 0.25) is 5.91 Å². The van der Waals surface area contributed by atoms with Gasteiger partial charge in [0.15, 0.2) is 5.15 Å². The molecule has 2 rings (SSSR count). The lowest BCUT2D eigenvalue weighted by molar-refractivity contribution is -0.117. The van der Waals surface area contributed by atoms with Gasteiger partial charge in [-0.3, -0.25) is 4.79 Å². The Hall–Kier alpha value is -2.11. The maximum Gasteiger partial charge on any atom is 0.241 e. The highest BCUT2D eigenvalue weighted by atomic mass is 35.5. The zero-order valence-corrected chi connectivity index (χ0v) is 12.3. The highest BCUT2D eigenvalue weighted by Gasteiger charge is 2.16. The number of rotatable bonds is 4. The molecule has 0 saturated heterocycles. The predicted octanol–water partition coefficient (Wildman–Crippen LogP) is 2.26. The fourth-order valence-corrected chi connectivity index (χ4v) is 1.99. The molecule has 0 aliphatic heterocycles. The van der Waals surface area contributed by atoms with Crippen LogP contribution in [0.5, 0.6) is 5.75 Å². The molecule has 1 aromatic carbocycles. The molecule has 1 heterocycles. The van der Waals surface area contributed by atoms with E-state index in [4.69, 9.17) is 17.3 Å². The average Bonchev–Trinajstić information content (AvgIpc) is 2.45. The van der Waals surface area contributed by atoms with Gasteiger partial charge in [0.1, 0.15) is 5.75 Å². The van der Waals surface area contributed by atoms with Gasteiger partial charge < -0.3 is 16.2 Å². The van der Waals surface area contributed by atoms with Gasteiger partial charge >= 0.3 is 0 Å². The first kappa shape index (κ1) is 15.3. The van der Waals surface area contributed by atoms with E-state index < -0.39 is 6.04 Å². The molecule has 1 aromatic heterocycles. The van der Waals surface area contributed by atoms with Crippen molar-refractivity contribution in [3.8, 4) is 5.75 Å². The molecule has 5 nitrogen and oxygen atoms in total. The monoisotopic (exact) mass is 305 g/mol. The molecule has 6 heteroatoms. The second kappa shape index (κ2) is 6.56. The van der Waals surface area contributed by atoms with Crippen LogP contribution < -0.4 is 11.1 Å². The molecule has 0 unspecified atom stereocenters. The van der Waals surface area contributed by atoms with E-state index in [9.17, 15) is 9.90 Å². The number of halogens is 1. The highest BCUT2D eigenvalue weighted by molar-refractivity contribution is 6.32. The van der Waals surface area contributed by atoms with Crippen molar-refractivity contribution in [2.75, 3.05) is 5.32 Å². The largest absolute Gasteiger partial charge is 0.508 e. The Bertz CT molecular complexity index is 644. The number of phenols is 1. The van der Waals surface area contributed by atoms with Crippen LogP contribution in [0.3, 0.4) is 0 Å². The Labute approximate surface area is 127 Å². The summed E-state index contributed by atoms with van der Waals surface area (Å²) in [5.41, 5.74) is 8.09. The third-order valence-corrected chi connectivity index (χ3v) is 3.26. The number of phenolic OH excluding ortho intramolecular Hbond substituents is 1. The number of carbonyl (C=O) groups excluding carboxylic acids is 1. The summed E-state index contributed by atoms with van der Waals surface area (Å²) < 4.78 is 0. The second-order valence-corrected chi connectivity index (χ2v) is 5.18. The van der Waals surface area contributed by atoms with E-state index in [0.717, 1.165) is 11.1 Å². The summed E-state index contributed by atoms with van der Waals surface area (Å²) in [4.78, 5) is 16.0. The molecule has 110 valence electrons. The normalized spacial score (nSPS) is 12.0. The fraction of sp³-hybridized carbons (Fsp3) is 0.200. The van der Waals surface area contributed by atoms with Gasteiger partial charge in [0, 0.05) is 6.20 Å². The van der Waals surface area contributed by atoms with Crippen LogP contribution in [0.1, 0.15) is 11.1 Å². The van der Waals surface area contributed by atoms with E-state index in [2.05, 4.69) is 10.3 Å². The first-order valence-corrected chi connectivity index (χ1v) is 6.80. The molecule has 1 amide bonds. The van der Waals surface area contributed by atoms with E-state index in [1.165, 1.54) is 0 Å². The van der Waals surface area contributed by atoms with Crippen LogP contribution in [-0.2, 0) is 11.2 Å². The molecule has 0 bridgehead atoms. The maximum atomic E-state index is 12.1. The Morgan fingerprint density at radius 2 is 2.10 bits per heavy atom. The summed E-state index contributed by atoms with van der Waals surface area (Å²) in [7, 11) is 0. The molecule has 0 spiro atoms. The molecule has 2 aromatic rings. The van der Waals surface area contributed by atoms with Crippen molar-refractivity contribution in [3.05, 3.63) is 52.8 Å². The number of nitrogens with two attached hydrogens (primary N) is 1. The molecular weight excluding hydrogens is 290 g/mol. The van der Waals surface area contributed by atoms with Crippen molar-refractivity contribution in [1.82, 2.24) is 4.98 Å². The van der Waals surface area contributed by atoms with Crippen LogP contribution in [0.15, 0.2) is 36.5 Å². The summed E-state index contributed by atoms with van der Waals surface area (Å²) in [5.74, 6) is -0.160. The van der Waals surface area contributed by atoms with Crippen molar-refractivity contribution in [2.45, 2.75) is 19.4 Å². The van der Waals surface area contributed by atoms with Crippen molar-refractivity contribution in [1.29, 1.82) is 0 Å². The number of nitrogens with one attached hydrogen (secondary N) is 1. The lowest BCUT2D eigenvalue weighted by Gasteiger charge is -2.13.